The lowest BCUT2D eigenvalue weighted by Gasteiger charge is -2.39. The molecule has 3 unspecified atom stereocenters. The van der Waals surface area contributed by atoms with Crippen LogP contribution in [0.2, 0.25) is 0 Å². The number of rotatable bonds is 7. The summed E-state index contributed by atoms with van der Waals surface area (Å²) in [5.41, 5.74) is 0.456. The van der Waals surface area contributed by atoms with Crippen molar-refractivity contribution in [2.75, 3.05) is 13.1 Å². The van der Waals surface area contributed by atoms with Crippen molar-refractivity contribution in [2.24, 2.45) is 11.3 Å². The zero-order chi connectivity index (χ0) is 13.6. The molecule has 0 aromatic carbocycles. The first kappa shape index (κ1) is 16.0. The van der Waals surface area contributed by atoms with Gasteiger partial charge in [0.25, 0.3) is 0 Å². The second kappa shape index (κ2) is 7.49. The van der Waals surface area contributed by atoms with Crippen molar-refractivity contribution in [2.45, 2.75) is 78.9 Å². The van der Waals surface area contributed by atoms with Crippen LogP contribution in [0.4, 0.5) is 0 Å². The van der Waals surface area contributed by atoms with E-state index >= 15 is 0 Å². The summed E-state index contributed by atoms with van der Waals surface area (Å²) in [7, 11) is 0. The molecule has 1 fully saturated rings. The second-order valence-corrected chi connectivity index (χ2v) is 7.04. The van der Waals surface area contributed by atoms with Crippen LogP contribution in [0.5, 0.6) is 0 Å². The van der Waals surface area contributed by atoms with Crippen molar-refractivity contribution in [3.8, 4) is 0 Å². The Morgan fingerprint density at radius 3 is 2.67 bits per heavy atom. The molecule has 0 saturated heterocycles. The van der Waals surface area contributed by atoms with Gasteiger partial charge in [-0.05, 0) is 50.5 Å². The molecule has 0 heterocycles. The lowest BCUT2D eigenvalue weighted by molar-refractivity contribution is -0.0575. The largest absolute Gasteiger partial charge is 0.374 e. The molecular formula is C16H33NO. The van der Waals surface area contributed by atoms with E-state index in [2.05, 4.69) is 39.9 Å². The Bertz CT molecular complexity index is 227. The van der Waals surface area contributed by atoms with Gasteiger partial charge in [0.1, 0.15) is 0 Å². The molecule has 1 N–H and O–H groups in total. The van der Waals surface area contributed by atoms with Crippen molar-refractivity contribution in [1.29, 1.82) is 0 Å². The van der Waals surface area contributed by atoms with Crippen LogP contribution in [0.1, 0.15) is 66.7 Å². The van der Waals surface area contributed by atoms with Crippen LogP contribution in [0.25, 0.3) is 0 Å². The third-order valence-corrected chi connectivity index (χ3v) is 3.91. The third kappa shape index (κ3) is 6.19. The molecule has 1 rings (SSSR count). The normalized spacial score (nSPS) is 29.2. The fourth-order valence-corrected chi connectivity index (χ4v) is 3.35. The Labute approximate surface area is 114 Å². The molecule has 3 atom stereocenters. The van der Waals surface area contributed by atoms with E-state index in [1.807, 2.05) is 0 Å². The van der Waals surface area contributed by atoms with E-state index in [0.29, 0.717) is 17.6 Å². The molecule has 1 aliphatic rings. The zero-order valence-corrected chi connectivity index (χ0v) is 13.1. The number of nitrogens with one attached hydrogen (secondary N) is 1. The van der Waals surface area contributed by atoms with Gasteiger partial charge in [0, 0.05) is 6.54 Å². The summed E-state index contributed by atoms with van der Waals surface area (Å²) in [5, 5.41) is 3.48. The molecule has 108 valence electrons. The van der Waals surface area contributed by atoms with Gasteiger partial charge in [-0.15, -0.1) is 0 Å². The van der Waals surface area contributed by atoms with Crippen LogP contribution >= 0.6 is 0 Å². The minimum Gasteiger partial charge on any atom is -0.374 e. The molecule has 0 spiro atoms. The lowest BCUT2D eigenvalue weighted by Crippen LogP contribution is -2.37. The lowest BCUT2D eigenvalue weighted by atomic mass is 9.71. The highest BCUT2D eigenvalue weighted by Crippen LogP contribution is 2.39. The molecule has 0 aromatic heterocycles. The Hall–Kier alpha value is -0.0800. The Balaban J connectivity index is 2.24. The topological polar surface area (TPSA) is 21.3 Å². The SMILES string of the molecule is CCCCNCC(C)OC1CC(C)CC(C)(C)C1. The quantitative estimate of drug-likeness (QED) is 0.694. The van der Waals surface area contributed by atoms with E-state index in [1.54, 1.807) is 0 Å². The molecule has 0 radical (unpaired) electrons. The van der Waals surface area contributed by atoms with Crippen molar-refractivity contribution in [3.63, 3.8) is 0 Å². The van der Waals surface area contributed by atoms with Crippen LogP contribution < -0.4 is 5.32 Å². The second-order valence-electron chi connectivity index (χ2n) is 7.04. The van der Waals surface area contributed by atoms with Crippen LogP contribution in [-0.4, -0.2) is 25.3 Å². The summed E-state index contributed by atoms with van der Waals surface area (Å²) in [5.74, 6) is 0.805. The van der Waals surface area contributed by atoms with Gasteiger partial charge in [0.05, 0.1) is 12.2 Å². The molecule has 0 aromatic rings. The average molecular weight is 255 g/mol. The summed E-state index contributed by atoms with van der Waals surface area (Å²) in [6.07, 6.45) is 7.13. The highest BCUT2D eigenvalue weighted by Gasteiger charge is 2.33. The van der Waals surface area contributed by atoms with Gasteiger partial charge < -0.3 is 10.1 Å². The number of hydrogen-bond acceptors (Lipinski definition) is 2. The fourth-order valence-electron chi connectivity index (χ4n) is 3.35. The molecule has 1 aliphatic carbocycles. The van der Waals surface area contributed by atoms with Gasteiger partial charge in [-0.1, -0.05) is 34.1 Å². The first-order valence-electron chi connectivity index (χ1n) is 7.79. The molecule has 2 nitrogen and oxygen atoms in total. The maximum Gasteiger partial charge on any atom is 0.0675 e. The van der Waals surface area contributed by atoms with Crippen LogP contribution in [0.3, 0.4) is 0 Å². The molecule has 0 aliphatic heterocycles. The zero-order valence-electron chi connectivity index (χ0n) is 13.1. The monoisotopic (exact) mass is 255 g/mol. The van der Waals surface area contributed by atoms with Crippen molar-refractivity contribution in [1.82, 2.24) is 5.32 Å². The fraction of sp³-hybridized carbons (Fsp3) is 1.00. The van der Waals surface area contributed by atoms with Gasteiger partial charge >= 0.3 is 0 Å². The van der Waals surface area contributed by atoms with E-state index in [0.717, 1.165) is 19.0 Å². The number of unbranched alkanes of at least 4 members (excludes halogenated alkanes) is 1. The predicted molar refractivity (Wildman–Crippen MR) is 78.9 cm³/mol. The maximum atomic E-state index is 6.22. The van der Waals surface area contributed by atoms with E-state index < -0.39 is 0 Å². The molecule has 0 bridgehead atoms. The Morgan fingerprint density at radius 1 is 1.33 bits per heavy atom. The van der Waals surface area contributed by atoms with Crippen LogP contribution in [0.15, 0.2) is 0 Å². The Kier molecular flexibility index (Phi) is 6.65. The molecule has 0 amide bonds. The van der Waals surface area contributed by atoms with Gasteiger partial charge in [-0.2, -0.15) is 0 Å². The third-order valence-electron chi connectivity index (χ3n) is 3.91. The highest BCUT2D eigenvalue weighted by molar-refractivity contribution is 4.84. The summed E-state index contributed by atoms with van der Waals surface area (Å²) in [6.45, 7) is 13.7. The van der Waals surface area contributed by atoms with Crippen LogP contribution in [0, 0.1) is 11.3 Å². The molecular weight excluding hydrogens is 222 g/mol. The van der Waals surface area contributed by atoms with E-state index in [1.165, 1.54) is 32.1 Å². The van der Waals surface area contributed by atoms with Crippen molar-refractivity contribution in [3.05, 3.63) is 0 Å². The summed E-state index contributed by atoms with van der Waals surface area (Å²) >= 11 is 0. The van der Waals surface area contributed by atoms with Gasteiger partial charge in [-0.25, -0.2) is 0 Å². The summed E-state index contributed by atoms with van der Waals surface area (Å²) in [4.78, 5) is 0. The maximum absolute atomic E-state index is 6.22. The molecule has 1 saturated carbocycles. The van der Waals surface area contributed by atoms with Crippen LogP contribution in [-0.2, 0) is 4.74 Å². The molecule has 18 heavy (non-hydrogen) atoms. The average Bonchev–Trinajstić information content (AvgIpc) is 2.21. The van der Waals surface area contributed by atoms with E-state index in [-0.39, 0.29) is 0 Å². The Morgan fingerprint density at radius 2 is 2.06 bits per heavy atom. The first-order chi connectivity index (χ1) is 8.43. The smallest absolute Gasteiger partial charge is 0.0675 e. The molecule has 2 heteroatoms. The van der Waals surface area contributed by atoms with Crippen molar-refractivity contribution < 1.29 is 4.74 Å². The first-order valence-corrected chi connectivity index (χ1v) is 7.79. The minimum atomic E-state index is 0.341. The summed E-state index contributed by atoms with van der Waals surface area (Å²) in [6, 6.07) is 0. The predicted octanol–water partition coefficient (Wildman–Crippen LogP) is 4.00. The van der Waals surface area contributed by atoms with Crippen molar-refractivity contribution >= 4 is 0 Å². The number of hydrogen-bond donors (Lipinski definition) is 1. The number of ether oxygens (including phenoxy) is 1. The highest BCUT2D eigenvalue weighted by atomic mass is 16.5. The van der Waals surface area contributed by atoms with E-state index in [9.17, 15) is 0 Å². The summed E-state index contributed by atoms with van der Waals surface area (Å²) < 4.78 is 6.22. The van der Waals surface area contributed by atoms with Gasteiger partial charge in [0.15, 0.2) is 0 Å². The standard InChI is InChI=1S/C16H33NO/c1-6-7-8-17-12-14(3)18-15-9-13(2)10-16(4,5)11-15/h13-15,17H,6-12H2,1-5H3. The minimum absolute atomic E-state index is 0.341. The van der Waals surface area contributed by atoms with E-state index in [4.69, 9.17) is 4.74 Å². The van der Waals surface area contributed by atoms with Gasteiger partial charge in [0.2, 0.25) is 0 Å². The van der Waals surface area contributed by atoms with Gasteiger partial charge in [-0.3, -0.25) is 0 Å².